The van der Waals surface area contributed by atoms with Crippen molar-refractivity contribution in [3.8, 4) is 22.8 Å². The molecule has 0 saturated heterocycles. The molecule has 10 heteroatoms. The van der Waals surface area contributed by atoms with Crippen LogP contribution in [0.1, 0.15) is 60.3 Å². The highest BCUT2D eigenvalue weighted by Crippen LogP contribution is 2.47. The summed E-state index contributed by atoms with van der Waals surface area (Å²) in [5.74, 6) is 1.33. The van der Waals surface area contributed by atoms with Gasteiger partial charge < -0.3 is 18.8 Å². The van der Waals surface area contributed by atoms with Gasteiger partial charge in [0.05, 0.1) is 31.5 Å². The number of fused-ring (bicyclic) bond motifs is 1. The van der Waals surface area contributed by atoms with Crippen molar-refractivity contribution in [2.45, 2.75) is 51.5 Å². The lowest BCUT2D eigenvalue weighted by molar-refractivity contribution is -0.141. The number of anilines is 1. The van der Waals surface area contributed by atoms with Gasteiger partial charge in [0.2, 0.25) is 0 Å². The maximum atomic E-state index is 13.7. The maximum absolute atomic E-state index is 13.7. The highest BCUT2D eigenvalue weighted by atomic mass is 79.9. The van der Waals surface area contributed by atoms with Gasteiger partial charge in [-0.1, -0.05) is 44.4 Å². The monoisotopic (exact) mass is 639 g/mol. The molecule has 2 aromatic carbocycles. The minimum atomic E-state index is -0.433. The number of nitrogens with one attached hydrogen (secondary N) is 1. The van der Waals surface area contributed by atoms with Crippen molar-refractivity contribution >= 4 is 55.2 Å². The average Bonchev–Trinajstić information content (AvgIpc) is 3.58. The van der Waals surface area contributed by atoms with Crippen LogP contribution in [0.25, 0.3) is 22.2 Å². The number of methoxy groups -OCH3 is 3. The van der Waals surface area contributed by atoms with Crippen LogP contribution in [0, 0.1) is 5.92 Å². The van der Waals surface area contributed by atoms with E-state index in [0.29, 0.717) is 28.2 Å². The molecule has 1 unspecified atom stereocenters. The maximum Gasteiger partial charge on any atom is 0.325 e. The van der Waals surface area contributed by atoms with Gasteiger partial charge in [0.15, 0.2) is 5.13 Å². The highest BCUT2D eigenvalue weighted by Gasteiger charge is 2.29. The summed E-state index contributed by atoms with van der Waals surface area (Å²) in [7, 11) is 4.59. The van der Waals surface area contributed by atoms with E-state index in [2.05, 4.69) is 28.2 Å². The minimum Gasteiger partial charge on any atom is -0.496 e. The molecule has 1 saturated carbocycles. The molecule has 1 fully saturated rings. The molecule has 216 valence electrons. The zero-order valence-electron chi connectivity index (χ0n) is 23.7. The van der Waals surface area contributed by atoms with E-state index in [1.165, 1.54) is 50.6 Å². The lowest BCUT2D eigenvalue weighted by Crippen LogP contribution is -2.20. The SMILES string of the molecule is COC(=O)Cn1c(C(=O)Nc2nc(-c3cc(Br)c(OC)cc3OC)c(C(C)C3CCCCC3)s2)cc2ccccc21. The smallest absolute Gasteiger partial charge is 0.325 e. The quantitative estimate of drug-likeness (QED) is 0.189. The van der Waals surface area contributed by atoms with Crippen molar-refractivity contribution in [2.24, 2.45) is 5.92 Å². The number of ether oxygens (including phenoxy) is 3. The second-order valence-corrected chi connectivity index (χ2v) is 12.2. The van der Waals surface area contributed by atoms with Crippen molar-refractivity contribution in [2.75, 3.05) is 26.6 Å². The molecule has 8 nitrogen and oxygen atoms in total. The number of hydrogen-bond acceptors (Lipinski definition) is 7. The van der Waals surface area contributed by atoms with E-state index in [9.17, 15) is 9.59 Å². The first-order valence-electron chi connectivity index (χ1n) is 13.7. The second kappa shape index (κ2) is 12.7. The zero-order chi connectivity index (χ0) is 29.1. The Kier molecular flexibility index (Phi) is 8.99. The van der Waals surface area contributed by atoms with Gasteiger partial charge in [-0.25, -0.2) is 4.98 Å². The van der Waals surface area contributed by atoms with Crippen LogP contribution >= 0.6 is 27.3 Å². The number of rotatable bonds is 9. The van der Waals surface area contributed by atoms with Crippen molar-refractivity contribution < 1.29 is 23.8 Å². The Morgan fingerprint density at radius 1 is 1.07 bits per heavy atom. The highest BCUT2D eigenvalue weighted by molar-refractivity contribution is 9.10. The molecule has 1 aliphatic rings. The molecule has 5 rings (SSSR count). The van der Waals surface area contributed by atoms with E-state index in [-0.39, 0.29) is 18.4 Å². The molecular weight excluding hydrogens is 606 g/mol. The van der Waals surface area contributed by atoms with Crippen molar-refractivity contribution in [3.63, 3.8) is 0 Å². The summed E-state index contributed by atoms with van der Waals surface area (Å²) in [5.41, 5.74) is 2.76. The Morgan fingerprint density at radius 2 is 1.80 bits per heavy atom. The van der Waals surface area contributed by atoms with Gasteiger partial charge in [-0.3, -0.25) is 14.9 Å². The topological polar surface area (TPSA) is 91.7 Å². The second-order valence-electron chi connectivity index (χ2n) is 10.3. The first kappa shape index (κ1) is 29.1. The van der Waals surface area contributed by atoms with Crippen LogP contribution in [0.2, 0.25) is 0 Å². The van der Waals surface area contributed by atoms with E-state index in [0.717, 1.165) is 31.5 Å². The van der Waals surface area contributed by atoms with E-state index < -0.39 is 5.97 Å². The summed E-state index contributed by atoms with van der Waals surface area (Å²) >= 11 is 5.12. The van der Waals surface area contributed by atoms with E-state index >= 15 is 0 Å². The predicted molar refractivity (Wildman–Crippen MR) is 165 cm³/mol. The predicted octanol–water partition coefficient (Wildman–Crippen LogP) is 7.65. The summed E-state index contributed by atoms with van der Waals surface area (Å²) < 4.78 is 18.6. The van der Waals surface area contributed by atoms with Crippen LogP contribution in [-0.4, -0.2) is 42.8 Å². The van der Waals surface area contributed by atoms with Gasteiger partial charge in [-0.15, -0.1) is 11.3 Å². The van der Waals surface area contributed by atoms with Crippen molar-refractivity contribution in [1.82, 2.24) is 9.55 Å². The third-order valence-electron chi connectivity index (χ3n) is 7.93. The van der Waals surface area contributed by atoms with E-state index in [1.54, 1.807) is 24.9 Å². The molecule has 1 N–H and O–H groups in total. The van der Waals surface area contributed by atoms with Gasteiger partial charge in [0, 0.05) is 27.4 Å². The molecule has 0 bridgehead atoms. The number of benzene rings is 2. The van der Waals surface area contributed by atoms with Crippen LogP contribution in [0.5, 0.6) is 11.5 Å². The summed E-state index contributed by atoms with van der Waals surface area (Å²) in [6.07, 6.45) is 6.09. The summed E-state index contributed by atoms with van der Waals surface area (Å²) in [6, 6.07) is 13.2. The first-order chi connectivity index (χ1) is 19.8. The number of esters is 1. The number of nitrogens with zero attached hydrogens (tertiary/aromatic N) is 2. The summed E-state index contributed by atoms with van der Waals surface area (Å²) in [4.78, 5) is 32.0. The fraction of sp³-hybridized carbons (Fsp3) is 0.387. The standard InChI is InChI=1S/C31H34BrN3O5S/c1-18(19-10-6-5-7-11-19)29-28(21-15-22(32)26(39-3)16-25(21)38-2)33-31(41-29)34-30(37)24-14-20-12-8-9-13-23(20)35(24)17-27(36)40-4/h8-9,12-16,18-19H,5-7,10-11,17H2,1-4H3,(H,33,34,37). The number of hydrogen-bond donors (Lipinski definition) is 1. The van der Waals surface area contributed by atoms with Gasteiger partial charge in [-0.2, -0.15) is 0 Å². The molecular formula is C31H34BrN3O5S. The number of para-hydroxylation sites is 1. The molecule has 1 amide bonds. The third kappa shape index (κ3) is 5.99. The van der Waals surface area contributed by atoms with Crippen LogP contribution in [0.3, 0.4) is 0 Å². The van der Waals surface area contributed by atoms with Crippen LogP contribution in [0.4, 0.5) is 5.13 Å². The lowest BCUT2D eigenvalue weighted by Gasteiger charge is -2.27. The molecule has 41 heavy (non-hydrogen) atoms. The molecule has 0 aliphatic heterocycles. The van der Waals surface area contributed by atoms with Crippen molar-refractivity contribution in [3.05, 3.63) is 57.5 Å². The molecule has 1 aliphatic carbocycles. The Balaban J connectivity index is 1.56. The number of halogens is 1. The molecule has 4 aromatic rings. The Morgan fingerprint density at radius 3 is 2.51 bits per heavy atom. The normalized spacial score (nSPS) is 14.6. The average molecular weight is 641 g/mol. The summed E-state index contributed by atoms with van der Waals surface area (Å²) in [6.45, 7) is 2.19. The summed E-state index contributed by atoms with van der Waals surface area (Å²) in [5, 5.41) is 4.39. The largest absolute Gasteiger partial charge is 0.496 e. The van der Waals surface area contributed by atoms with Gasteiger partial charge in [0.1, 0.15) is 23.7 Å². The number of carbonyl (C=O) groups excluding carboxylic acids is 2. The fourth-order valence-electron chi connectivity index (χ4n) is 5.70. The van der Waals surface area contributed by atoms with Gasteiger partial charge in [0.25, 0.3) is 5.91 Å². The molecule has 2 aromatic heterocycles. The Labute approximate surface area is 252 Å². The van der Waals surface area contributed by atoms with E-state index in [1.807, 2.05) is 36.4 Å². The van der Waals surface area contributed by atoms with Gasteiger partial charge in [-0.05, 0) is 58.8 Å². The minimum absolute atomic E-state index is 0.0725. The Hall–Kier alpha value is -3.37. The van der Waals surface area contributed by atoms with E-state index in [4.69, 9.17) is 19.2 Å². The number of carbonyl (C=O) groups is 2. The van der Waals surface area contributed by atoms with Crippen molar-refractivity contribution in [1.29, 1.82) is 0 Å². The van der Waals surface area contributed by atoms with Crippen LogP contribution in [0.15, 0.2) is 46.9 Å². The number of amides is 1. The molecule has 0 radical (unpaired) electrons. The third-order valence-corrected chi connectivity index (χ3v) is 9.72. The number of thiazole rings is 1. The first-order valence-corrected chi connectivity index (χ1v) is 15.3. The van der Waals surface area contributed by atoms with Gasteiger partial charge >= 0.3 is 5.97 Å². The lowest BCUT2D eigenvalue weighted by atomic mass is 9.79. The van der Waals surface area contributed by atoms with Crippen LogP contribution < -0.4 is 14.8 Å². The molecule has 2 heterocycles. The zero-order valence-corrected chi connectivity index (χ0v) is 26.1. The molecule has 0 spiro atoms. The number of aromatic nitrogens is 2. The Bertz CT molecular complexity index is 1570. The molecule has 1 atom stereocenters. The fourth-order valence-corrected chi connectivity index (χ4v) is 7.33. The van der Waals surface area contributed by atoms with Crippen LogP contribution in [-0.2, 0) is 16.1 Å².